The topological polar surface area (TPSA) is 12.0 Å². The van der Waals surface area contributed by atoms with Crippen molar-refractivity contribution in [1.29, 1.82) is 0 Å². The van der Waals surface area contributed by atoms with Crippen LogP contribution in [0.5, 0.6) is 0 Å². The van der Waals surface area contributed by atoms with Gasteiger partial charge >= 0.3 is 0 Å². The van der Waals surface area contributed by atoms with Gasteiger partial charge in [-0.05, 0) is 37.6 Å². The zero-order valence-corrected chi connectivity index (χ0v) is 6.77. The molecule has 0 aromatic rings. The van der Waals surface area contributed by atoms with E-state index in [-0.39, 0.29) is 0 Å². The summed E-state index contributed by atoms with van der Waals surface area (Å²) in [5.41, 5.74) is 0. The highest BCUT2D eigenvalue weighted by Gasteiger charge is 2.37. The maximum Gasteiger partial charge on any atom is 0.00959 e. The van der Waals surface area contributed by atoms with Gasteiger partial charge in [0.1, 0.15) is 0 Å². The van der Waals surface area contributed by atoms with Gasteiger partial charge in [-0.1, -0.05) is 13.3 Å². The number of hydrogen-bond donors (Lipinski definition) is 1. The van der Waals surface area contributed by atoms with Gasteiger partial charge in [0.25, 0.3) is 0 Å². The molecule has 0 amide bonds. The van der Waals surface area contributed by atoms with E-state index in [1.54, 1.807) is 0 Å². The van der Waals surface area contributed by atoms with Gasteiger partial charge in [0.2, 0.25) is 0 Å². The average molecular weight is 139 g/mol. The van der Waals surface area contributed by atoms with Crippen LogP contribution in [0.3, 0.4) is 0 Å². The molecule has 1 saturated carbocycles. The summed E-state index contributed by atoms with van der Waals surface area (Å²) in [7, 11) is 0. The van der Waals surface area contributed by atoms with E-state index >= 15 is 0 Å². The van der Waals surface area contributed by atoms with Crippen LogP contribution in [0.1, 0.15) is 32.6 Å². The Morgan fingerprint density at radius 2 is 2.30 bits per heavy atom. The summed E-state index contributed by atoms with van der Waals surface area (Å²) in [4.78, 5) is 0. The van der Waals surface area contributed by atoms with Crippen LogP contribution in [0.15, 0.2) is 0 Å². The lowest BCUT2D eigenvalue weighted by Gasteiger charge is -2.15. The van der Waals surface area contributed by atoms with Crippen molar-refractivity contribution in [2.75, 3.05) is 6.54 Å². The van der Waals surface area contributed by atoms with Crippen LogP contribution < -0.4 is 5.32 Å². The molecule has 1 heterocycles. The fourth-order valence-corrected chi connectivity index (χ4v) is 2.75. The molecule has 1 N–H and O–H groups in total. The molecule has 3 unspecified atom stereocenters. The van der Waals surface area contributed by atoms with Crippen LogP contribution in [0.2, 0.25) is 0 Å². The SMILES string of the molecule is CCC1NCC2CCCC21. The first kappa shape index (κ1) is 6.66. The Morgan fingerprint density at radius 1 is 1.40 bits per heavy atom. The maximum absolute atomic E-state index is 3.61. The van der Waals surface area contributed by atoms with E-state index in [1.165, 1.54) is 32.2 Å². The molecule has 1 heteroatoms. The minimum absolute atomic E-state index is 0.868. The third-order valence-corrected chi connectivity index (χ3v) is 3.32. The van der Waals surface area contributed by atoms with Gasteiger partial charge in [0.05, 0.1) is 0 Å². The Kier molecular flexibility index (Phi) is 1.69. The Balaban J connectivity index is 2.01. The summed E-state index contributed by atoms with van der Waals surface area (Å²) in [5.74, 6) is 2.09. The Morgan fingerprint density at radius 3 is 3.10 bits per heavy atom. The molecule has 1 saturated heterocycles. The van der Waals surface area contributed by atoms with Crippen molar-refractivity contribution in [3.8, 4) is 0 Å². The molecule has 58 valence electrons. The van der Waals surface area contributed by atoms with E-state index in [0.29, 0.717) is 0 Å². The van der Waals surface area contributed by atoms with Crippen molar-refractivity contribution >= 4 is 0 Å². The number of nitrogens with one attached hydrogen (secondary N) is 1. The first-order valence-electron chi connectivity index (χ1n) is 4.65. The van der Waals surface area contributed by atoms with Gasteiger partial charge in [-0.15, -0.1) is 0 Å². The lowest BCUT2D eigenvalue weighted by atomic mass is 9.93. The van der Waals surface area contributed by atoms with E-state index < -0.39 is 0 Å². The quantitative estimate of drug-likeness (QED) is 0.584. The van der Waals surface area contributed by atoms with Gasteiger partial charge in [-0.2, -0.15) is 0 Å². The summed E-state index contributed by atoms with van der Waals surface area (Å²) in [5, 5.41) is 3.61. The highest BCUT2D eigenvalue weighted by atomic mass is 15.0. The highest BCUT2D eigenvalue weighted by molar-refractivity contribution is 4.93. The van der Waals surface area contributed by atoms with Crippen molar-refractivity contribution in [1.82, 2.24) is 5.32 Å². The molecule has 10 heavy (non-hydrogen) atoms. The maximum atomic E-state index is 3.61. The van der Waals surface area contributed by atoms with Gasteiger partial charge in [0.15, 0.2) is 0 Å². The second kappa shape index (κ2) is 2.54. The number of hydrogen-bond acceptors (Lipinski definition) is 1. The fourth-order valence-electron chi connectivity index (χ4n) is 2.75. The Hall–Kier alpha value is -0.0400. The fraction of sp³-hybridized carbons (Fsp3) is 1.00. The monoisotopic (exact) mass is 139 g/mol. The highest BCUT2D eigenvalue weighted by Crippen LogP contribution is 2.38. The van der Waals surface area contributed by atoms with E-state index in [2.05, 4.69) is 12.2 Å². The Bertz CT molecular complexity index is 122. The second-order valence-electron chi connectivity index (χ2n) is 3.78. The van der Waals surface area contributed by atoms with E-state index in [1.807, 2.05) is 0 Å². The normalized spacial score (nSPS) is 45.9. The molecule has 1 aliphatic carbocycles. The largest absolute Gasteiger partial charge is 0.313 e. The Labute approximate surface area is 63.2 Å². The molecule has 0 aromatic carbocycles. The minimum Gasteiger partial charge on any atom is -0.313 e. The summed E-state index contributed by atoms with van der Waals surface area (Å²) >= 11 is 0. The summed E-state index contributed by atoms with van der Waals surface area (Å²) in [6.45, 7) is 3.61. The second-order valence-corrected chi connectivity index (χ2v) is 3.78. The summed E-state index contributed by atoms with van der Waals surface area (Å²) in [6, 6.07) is 0.868. The average Bonchev–Trinajstić information content (AvgIpc) is 2.44. The van der Waals surface area contributed by atoms with Crippen LogP contribution in [0.25, 0.3) is 0 Å². The minimum atomic E-state index is 0.868. The van der Waals surface area contributed by atoms with Crippen LogP contribution >= 0.6 is 0 Å². The first-order valence-corrected chi connectivity index (χ1v) is 4.65. The molecule has 0 radical (unpaired) electrons. The zero-order valence-electron chi connectivity index (χ0n) is 6.77. The van der Waals surface area contributed by atoms with Crippen molar-refractivity contribution in [2.24, 2.45) is 11.8 Å². The molecule has 2 rings (SSSR count). The van der Waals surface area contributed by atoms with Gasteiger partial charge in [-0.3, -0.25) is 0 Å². The molecule has 2 fully saturated rings. The van der Waals surface area contributed by atoms with E-state index in [9.17, 15) is 0 Å². The third kappa shape index (κ3) is 0.878. The molecule has 0 bridgehead atoms. The molecule has 3 atom stereocenters. The van der Waals surface area contributed by atoms with Crippen molar-refractivity contribution in [3.63, 3.8) is 0 Å². The predicted molar refractivity (Wildman–Crippen MR) is 42.9 cm³/mol. The summed E-state index contributed by atoms with van der Waals surface area (Å²) in [6.07, 6.45) is 5.82. The predicted octanol–water partition coefficient (Wildman–Crippen LogP) is 1.78. The molecule has 1 nitrogen and oxygen atoms in total. The van der Waals surface area contributed by atoms with Crippen molar-refractivity contribution < 1.29 is 0 Å². The molecule has 2 aliphatic rings. The summed E-state index contributed by atoms with van der Waals surface area (Å²) < 4.78 is 0. The molecule has 1 aliphatic heterocycles. The van der Waals surface area contributed by atoms with E-state index in [0.717, 1.165) is 17.9 Å². The van der Waals surface area contributed by atoms with Crippen molar-refractivity contribution in [2.45, 2.75) is 38.6 Å². The lowest BCUT2D eigenvalue weighted by molar-refractivity contribution is 0.403. The molecule has 0 aromatic heterocycles. The van der Waals surface area contributed by atoms with Crippen LogP contribution in [0.4, 0.5) is 0 Å². The zero-order chi connectivity index (χ0) is 6.97. The van der Waals surface area contributed by atoms with Crippen molar-refractivity contribution in [3.05, 3.63) is 0 Å². The van der Waals surface area contributed by atoms with Crippen LogP contribution in [-0.4, -0.2) is 12.6 Å². The van der Waals surface area contributed by atoms with E-state index in [4.69, 9.17) is 0 Å². The number of rotatable bonds is 1. The molecule has 0 spiro atoms. The smallest absolute Gasteiger partial charge is 0.00959 e. The standard InChI is InChI=1S/C9H17N/c1-2-9-8-5-3-4-7(8)6-10-9/h7-10H,2-6H2,1H3. The molecular formula is C9H17N. The molecular weight excluding hydrogens is 122 g/mol. The van der Waals surface area contributed by atoms with Crippen LogP contribution in [0, 0.1) is 11.8 Å². The van der Waals surface area contributed by atoms with Crippen LogP contribution in [-0.2, 0) is 0 Å². The number of fused-ring (bicyclic) bond motifs is 1. The van der Waals surface area contributed by atoms with Gasteiger partial charge < -0.3 is 5.32 Å². The van der Waals surface area contributed by atoms with Gasteiger partial charge in [-0.25, -0.2) is 0 Å². The third-order valence-electron chi connectivity index (χ3n) is 3.32. The van der Waals surface area contributed by atoms with Gasteiger partial charge in [0, 0.05) is 6.04 Å². The lowest BCUT2D eigenvalue weighted by Crippen LogP contribution is -2.25. The first-order chi connectivity index (χ1) is 4.92.